The molecule has 0 aromatic rings. The molecule has 0 bridgehead atoms. The van der Waals surface area contributed by atoms with Crippen molar-refractivity contribution in [3.63, 3.8) is 0 Å². The topological polar surface area (TPSA) is 46.3 Å². The van der Waals surface area contributed by atoms with Crippen LogP contribution in [0.4, 0.5) is 0 Å². The predicted molar refractivity (Wildman–Crippen MR) is 76.2 cm³/mol. The van der Waals surface area contributed by atoms with E-state index in [2.05, 4.69) is 41.5 Å². The second-order valence-electron chi connectivity index (χ2n) is 7.71. The summed E-state index contributed by atoms with van der Waals surface area (Å²) >= 11 is 0. The standard InChI is InChI=1S/C15H30N2O/c1-11(2)15(16)9-17(10-15)13(18)7-12(3)8-14(4,5)6/h11-12H,7-10,16H2,1-6H3. The Balaban J connectivity index is 2.36. The van der Waals surface area contributed by atoms with Crippen LogP contribution in [0, 0.1) is 17.3 Å². The first-order chi connectivity index (χ1) is 8.03. The van der Waals surface area contributed by atoms with Crippen LogP contribution >= 0.6 is 0 Å². The summed E-state index contributed by atoms with van der Waals surface area (Å²) in [5, 5.41) is 0. The zero-order valence-corrected chi connectivity index (χ0v) is 12.9. The zero-order valence-electron chi connectivity index (χ0n) is 12.9. The highest BCUT2D eigenvalue weighted by molar-refractivity contribution is 5.77. The van der Waals surface area contributed by atoms with Crippen molar-refractivity contribution in [3.8, 4) is 0 Å². The number of hydrogen-bond acceptors (Lipinski definition) is 2. The first-order valence-electron chi connectivity index (χ1n) is 7.10. The molecule has 1 aliphatic rings. The highest BCUT2D eigenvalue weighted by Crippen LogP contribution is 2.30. The third kappa shape index (κ3) is 3.98. The molecule has 0 saturated carbocycles. The van der Waals surface area contributed by atoms with Gasteiger partial charge in [0.25, 0.3) is 0 Å². The second kappa shape index (κ2) is 5.20. The van der Waals surface area contributed by atoms with Crippen molar-refractivity contribution < 1.29 is 4.79 Å². The molecule has 1 amide bonds. The molecule has 3 nitrogen and oxygen atoms in total. The number of carbonyl (C=O) groups is 1. The second-order valence-corrected chi connectivity index (χ2v) is 7.71. The van der Waals surface area contributed by atoms with Crippen LogP contribution in [0.2, 0.25) is 0 Å². The van der Waals surface area contributed by atoms with Crippen LogP contribution in [-0.4, -0.2) is 29.4 Å². The highest BCUT2D eigenvalue weighted by atomic mass is 16.2. The minimum Gasteiger partial charge on any atom is -0.339 e. The molecule has 0 radical (unpaired) electrons. The van der Waals surface area contributed by atoms with Gasteiger partial charge in [-0.1, -0.05) is 41.5 Å². The molecule has 1 rings (SSSR count). The van der Waals surface area contributed by atoms with Crippen molar-refractivity contribution in [2.75, 3.05) is 13.1 Å². The zero-order chi connectivity index (χ0) is 14.1. The molecule has 106 valence electrons. The lowest BCUT2D eigenvalue weighted by Crippen LogP contribution is -2.71. The SMILES string of the molecule is CC(CC(=O)N1CC(N)(C(C)C)C1)CC(C)(C)C. The van der Waals surface area contributed by atoms with Gasteiger partial charge in [-0.15, -0.1) is 0 Å². The molecule has 1 unspecified atom stereocenters. The maximum atomic E-state index is 12.1. The lowest BCUT2D eigenvalue weighted by atomic mass is 9.79. The predicted octanol–water partition coefficient (Wildman–Crippen LogP) is 2.64. The largest absolute Gasteiger partial charge is 0.339 e. The Bertz CT molecular complexity index is 298. The smallest absolute Gasteiger partial charge is 0.222 e. The Morgan fingerprint density at radius 2 is 1.78 bits per heavy atom. The van der Waals surface area contributed by atoms with Crippen LogP contribution in [0.25, 0.3) is 0 Å². The van der Waals surface area contributed by atoms with Gasteiger partial charge in [-0.05, 0) is 23.7 Å². The molecule has 0 aromatic heterocycles. The highest BCUT2D eigenvalue weighted by Gasteiger charge is 2.44. The fourth-order valence-corrected chi connectivity index (χ4v) is 2.75. The molecule has 0 aromatic carbocycles. The Morgan fingerprint density at radius 1 is 1.28 bits per heavy atom. The van der Waals surface area contributed by atoms with Crippen molar-refractivity contribution >= 4 is 5.91 Å². The summed E-state index contributed by atoms with van der Waals surface area (Å²) in [6.45, 7) is 14.6. The van der Waals surface area contributed by atoms with Crippen molar-refractivity contribution in [3.05, 3.63) is 0 Å². The normalized spacial score (nSPS) is 20.8. The molecular weight excluding hydrogens is 224 g/mol. The van der Waals surface area contributed by atoms with Crippen LogP contribution in [0.1, 0.15) is 54.4 Å². The van der Waals surface area contributed by atoms with Crippen molar-refractivity contribution in [2.24, 2.45) is 23.0 Å². The fraction of sp³-hybridized carbons (Fsp3) is 0.933. The lowest BCUT2D eigenvalue weighted by molar-refractivity contribution is -0.141. The summed E-state index contributed by atoms with van der Waals surface area (Å²) in [7, 11) is 0. The van der Waals surface area contributed by atoms with Gasteiger partial charge in [0.1, 0.15) is 0 Å². The molecule has 1 saturated heterocycles. The van der Waals surface area contributed by atoms with Crippen molar-refractivity contribution in [1.29, 1.82) is 0 Å². The van der Waals surface area contributed by atoms with E-state index in [1.54, 1.807) is 0 Å². The monoisotopic (exact) mass is 254 g/mol. The average molecular weight is 254 g/mol. The van der Waals surface area contributed by atoms with Gasteiger partial charge < -0.3 is 10.6 Å². The molecule has 0 aliphatic carbocycles. The van der Waals surface area contributed by atoms with Crippen LogP contribution in [0.3, 0.4) is 0 Å². The number of rotatable bonds is 4. The van der Waals surface area contributed by atoms with Gasteiger partial charge in [-0.3, -0.25) is 4.79 Å². The van der Waals surface area contributed by atoms with E-state index in [1.165, 1.54) is 0 Å². The van der Waals surface area contributed by atoms with Gasteiger partial charge in [-0.2, -0.15) is 0 Å². The van der Waals surface area contributed by atoms with E-state index in [9.17, 15) is 4.79 Å². The van der Waals surface area contributed by atoms with E-state index in [0.717, 1.165) is 19.5 Å². The summed E-state index contributed by atoms with van der Waals surface area (Å²) in [5.74, 6) is 1.16. The Labute approximate surface area is 112 Å². The summed E-state index contributed by atoms with van der Waals surface area (Å²) in [6.07, 6.45) is 1.75. The van der Waals surface area contributed by atoms with Crippen LogP contribution in [-0.2, 0) is 4.79 Å². The third-order valence-corrected chi connectivity index (χ3v) is 3.96. The fourth-order valence-electron chi connectivity index (χ4n) is 2.75. The minimum absolute atomic E-state index is 0.150. The average Bonchev–Trinajstić information content (AvgIpc) is 2.08. The molecular formula is C15H30N2O. The number of likely N-dealkylation sites (tertiary alicyclic amines) is 1. The number of nitrogens with two attached hydrogens (primary N) is 1. The summed E-state index contributed by atoms with van der Waals surface area (Å²) in [4.78, 5) is 14.0. The number of amides is 1. The molecule has 1 heterocycles. The lowest BCUT2D eigenvalue weighted by Gasteiger charge is -2.50. The van der Waals surface area contributed by atoms with E-state index < -0.39 is 0 Å². The van der Waals surface area contributed by atoms with Crippen LogP contribution in [0.5, 0.6) is 0 Å². The van der Waals surface area contributed by atoms with E-state index in [1.807, 2.05) is 4.90 Å². The van der Waals surface area contributed by atoms with Gasteiger partial charge in [0, 0.05) is 19.5 Å². The van der Waals surface area contributed by atoms with Gasteiger partial charge >= 0.3 is 0 Å². The van der Waals surface area contributed by atoms with E-state index in [-0.39, 0.29) is 11.4 Å². The van der Waals surface area contributed by atoms with Gasteiger partial charge in [0.15, 0.2) is 0 Å². The maximum absolute atomic E-state index is 12.1. The molecule has 1 fully saturated rings. The van der Waals surface area contributed by atoms with Crippen LogP contribution in [0.15, 0.2) is 0 Å². The van der Waals surface area contributed by atoms with Crippen molar-refractivity contribution in [1.82, 2.24) is 4.90 Å². The minimum atomic E-state index is -0.150. The third-order valence-electron chi connectivity index (χ3n) is 3.96. The van der Waals surface area contributed by atoms with Crippen molar-refractivity contribution in [2.45, 2.75) is 59.9 Å². The summed E-state index contributed by atoms with van der Waals surface area (Å²) in [6, 6.07) is 0. The van der Waals surface area contributed by atoms with Gasteiger partial charge in [-0.25, -0.2) is 0 Å². The van der Waals surface area contributed by atoms with Gasteiger partial charge in [0.2, 0.25) is 5.91 Å². The number of nitrogens with zero attached hydrogens (tertiary/aromatic N) is 1. The number of hydrogen-bond donors (Lipinski definition) is 1. The van der Waals surface area contributed by atoms with E-state index in [4.69, 9.17) is 5.73 Å². The Morgan fingerprint density at radius 3 is 2.17 bits per heavy atom. The first-order valence-corrected chi connectivity index (χ1v) is 7.10. The number of carbonyl (C=O) groups excluding carboxylic acids is 1. The molecule has 1 aliphatic heterocycles. The molecule has 1 atom stereocenters. The van der Waals surface area contributed by atoms with Crippen LogP contribution < -0.4 is 5.73 Å². The Kier molecular flexibility index (Phi) is 4.47. The Hall–Kier alpha value is -0.570. The first kappa shape index (κ1) is 15.5. The molecule has 18 heavy (non-hydrogen) atoms. The van der Waals surface area contributed by atoms with E-state index in [0.29, 0.717) is 23.7 Å². The summed E-state index contributed by atoms with van der Waals surface area (Å²) in [5.41, 5.74) is 6.36. The summed E-state index contributed by atoms with van der Waals surface area (Å²) < 4.78 is 0. The molecule has 2 N–H and O–H groups in total. The van der Waals surface area contributed by atoms with Gasteiger partial charge in [0.05, 0.1) is 5.54 Å². The van der Waals surface area contributed by atoms with E-state index >= 15 is 0 Å². The quantitative estimate of drug-likeness (QED) is 0.838. The molecule has 0 spiro atoms. The molecule has 3 heteroatoms. The maximum Gasteiger partial charge on any atom is 0.222 e.